The Bertz CT molecular complexity index is 350. The Labute approximate surface area is 94.9 Å². The molecule has 1 rings (SSSR count). The molecule has 1 N–H and O–H groups in total. The van der Waals surface area contributed by atoms with Gasteiger partial charge in [0.2, 0.25) is 0 Å². The molecule has 1 unspecified atom stereocenters. The third kappa shape index (κ3) is 2.70. The number of aliphatic hydroxyl groups is 1. The Morgan fingerprint density at radius 1 is 1.40 bits per heavy atom. The predicted molar refractivity (Wildman–Crippen MR) is 60.8 cm³/mol. The van der Waals surface area contributed by atoms with E-state index in [1.54, 1.807) is 13.0 Å². The van der Waals surface area contributed by atoms with E-state index in [1.807, 2.05) is 13.8 Å². The van der Waals surface area contributed by atoms with Crippen LogP contribution in [0.25, 0.3) is 0 Å². The standard InChI is InChI=1S/C12H16ClFO/c1-7(2)10(6-15)9-5-12(14)8(3)4-11(9)13/h4-5,7,10,15H,6H2,1-3H3. The van der Waals surface area contributed by atoms with Crippen molar-refractivity contribution in [3.05, 3.63) is 34.1 Å². The highest BCUT2D eigenvalue weighted by molar-refractivity contribution is 6.31. The number of aliphatic hydroxyl groups excluding tert-OH is 1. The van der Waals surface area contributed by atoms with Crippen molar-refractivity contribution < 1.29 is 9.50 Å². The van der Waals surface area contributed by atoms with Crippen LogP contribution in [0.2, 0.25) is 5.02 Å². The molecule has 0 aliphatic heterocycles. The molecule has 1 nitrogen and oxygen atoms in total. The van der Waals surface area contributed by atoms with Crippen LogP contribution in [0, 0.1) is 18.7 Å². The van der Waals surface area contributed by atoms with Crippen LogP contribution >= 0.6 is 11.6 Å². The van der Waals surface area contributed by atoms with Crippen LogP contribution in [-0.2, 0) is 0 Å². The zero-order valence-corrected chi connectivity index (χ0v) is 9.98. The summed E-state index contributed by atoms with van der Waals surface area (Å²) in [5.41, 5.74) is 1.22. The summed E-state index contributed by atoms with van der Waals surface area (Å²) in [6.07, 6.45) is 0. The summed E-state index contributed by atoms with van der Waals surface area (Å²) in [6.45, 7) is 5.62. The van der Waals surface area contributed by atoms with Crippen molar-refractivity contribution in [3.8, 4) is 0 Å². The van der Waals surface area contributed by atoms with E-state index in [0.29, 0.717) is 16.1 Å². The van der Waals surface area contributed by atoms with Crippen molar-refractivity contribution in [2.75, 3.05) is 6.61 Å². The lowest BCUT2D eigenvalue weighted by Crippen LogP contribution is -2.12. The lowest BCUT2D eigenvalue weighted by atomic mass is 9.88. The van der Waals surface area contributed by atoms with Gasteiger partial charge in [-0.25, -0.2) is 4.39 Å². The maximum atomic E-state index is 13.4. The summed E-state index contributed by atoms with van der Waals surface area (Å²) >= 11 is 6.04. The van der Waals surface area contributed by atoms with Crippen LogP contribution in [0.4, 0.5) is 4.39 Å². The molecule has 1 aromatic rings. The van der Waals surface area contributed by atoms with E-state index in [4.69, 9.17) is 11.6 Å². The van der Waals surface area contributed by atoms with Gasteiger partial charge in [-0.2, -0.15) is 0 Å². The van der Waals surface area contributed by atoms with Crippen LogP contribution in [0.15, 0.2) is 12.1 Å². The average molecular weight is 231 g/mol. The van der Waals surface area contributed by atoms with Gasteiger partial charge in [0.15, 0.2) is 0 Å². The zero-order chi connectivity index (χ0) is 11.6. The fourth-order valence-electron chi connectivity index (χ4n) is 1.61. The maximum absolute atomic E-state index is 13.4. The molecule has 15 heavy (non-hydrogen) atoms. The molecule has 0 aliphatic rings. The molecule has 0 saturated carbocycles. The number of benzene rings is 1. The van der Waals surface area contributed by atoms with Crippen LogP contribution in [0.1, 0.15) is 30.9 Å². The lowest BCUT2D eigenvalue weighted by Gasteiger charge is -2.20. The minimum atomic E-state index is -0.270. The predicted octanol–water partition coefficient (Wildman–Crippen LogP) is 3.52. The van der Waals surface area contributed by atoms with E-state index in [2.05, 4.69) is 0 Å². The van der Waals surface area contributed by atoms with E-state index in [1.165, 1.54) is 6.07 Å². The fourth-order valence-corrected chi connectivity index (χ4v) is 1.97. The highest BCUT2D eigenvalue weighted by Crippen LogP contribution is 2.31. The number of halogens is 2. The van der Waals surface area contributed by atoms with Crippen molar-refractivity contribution >= 4 is 11.6 Å². The Balaban J connectivity index is 3.18. The minimum Gasteiger partial charge on any atom is -0.396 e. The molecule has 0 aromatic heterocycles. The SMILES string of the molecule is Cc1cc(Cl)c(C(CO)C(C)C)cc1F. The van der Waals surface area contributed by atoms with Gasteiger partial charge in [0, 0.05) is 10.9 Å². The summed E-state index contributed by atoms with van der Waals surface area (Å²) in [7, 11) is 0. The monoisotopic (exact) mass is 230 g/mol. The molecule has 0 radical (unpaired) electrons. The first-order valence-corrected chi connectivity index (χ1v) is 5.41. The molecule has 0 spiro atoms. The maximum Gasteiger partial charge on any atom is 0.126 e. The number of aryl methyl sites for hydroxylation is 1. The molecule has 0 bridgehead atoms. The molecule has 0 aliphatic carbocycles. The lowest BCUT2D eigenvalue weighted by molar-refractivity contribution is 0.237. The van der Waals surface area contributed by atoms with Gasteiger partial charge in [0.05, 0.1) is 6.61 Å². The summed E-state index contributed by atoms with van der Waals surface area (Å²) in [6, 6.07) is 3.04. The van der Waals surface area contributed by atoms with Crippen molar-refractivity contribution in [3.63, 3.8) is 0 Å². The molecular weight excluding hydrogens is 215 g/mol. The van der Waals surface area contributed by atoms with E-state index in [0.717, 1.165) is 0 Å². The first-order chi connectivity index (χ1) is 6.97. The average Bonchev–Trinajstić information content (AvgIpc) is 2.14. The second-order valence-corrected chi connectivity index (χ2v) is 4.56. The first kappa shape index (κ1) is 12.5. The molecule has 84 valence electrons. The molecule has 0 saturated heterocycles. The van der Waals surface area contributed by atoms with Gasteiger partial charge in [0.1, 0.15) is 5.82 Å². The van der Waals surface area contributed by atoms with Crippen molar-refractivity contribution in [1.29, 1.82) is 0 Å². The van der Waals surface area contributed by atoms with Gasteiger partial charge >= 0.3 is 0 Å². The fraction of sp³-hybridized carbons (Fsp3) is 0.500. The number of hydrogen-bond donors (Lipinski definition) is 1. The van der Waals surface area contributed by atoms with E-state index in [-0.39, 0.29) is 24.3 Å². The number of hydrogen-bond acceptors (Lipinski definition) is 1. The summed E-state index contributed by atoms with van der Waals surface area (Å²) in [4.78, 5) is 0. The molecule has 0 fully saturated rings. The van der Waals surface area contributed by atoms with Gasteiger partial charge in [-0.05, 0) is 36.1 Å². The van der Waals surface area contributed by atoms with Gasteiger partial charge in [-0.3, -0.25) is 0 Å². The summed E-state index contributed by atoms with van der Waals surface area (Å²) in [5.74, 6) is -0.143. The Hall–Kier alpha value is -0.600. The highest BCUT2D eigenvalue weighted by atomic mass is 35.5. The van der Waals surface area contributed by atoms with Gasteiger partial charge in [-0.1, -0.05) is 25.4 Å². The van der Waals surface area contributed by atoms with E-state index in [9.17, 15) is 9.50 Å². The second-order valence-electron chi connectivity index (χ2n) is 4.16. The minimum absolute atomic E-state index is 0.0140. The molecule has 0 amide bonds. The van der Waals surface area contributed by atoms with Gasteiger partial charge in [-0.15, -0.1) is 0 Å². The smallest absolute Gasteiger partial charge is 0.126 e. The molecule has 1 aromatic carbocycles. The van der Waals surface area contributed by atoms with Crippen LogP contribution in [0.3, 0.4) is 0 Å². The molecule has 1 atom stereocenters. The van der Waals surface area contributed by atoms with Crippen LogP contribution in [-0.4, -0.2) is 11.7 Å². The van der Waals surface area contributed by atoms with Crippen molar-refractivity contribution in [2.45, 2.75) is 26.7 Å². The normalized spacial score (nSPS) is 13.3. The molecule has 3 heteroatoms. The van der Waals surface area contributed by atoms with E-state index < -0.39 is 0 Å². The highest BCUT2D eigenvalue weighted by Gasteiger charge is 2.19. The Morgan fingerprint density at radius 2 is 2.00 bits per heavy atom. The molecular formula is C12H16ClFO. The third-order valence-electron chi connectivity index (χ3n) is 2.68. The Morgan fingerprint density at radius 3 is 2.47 bits per heavy atom. The quantitative estimate of drug-likeness (QED) is 0.843. The van der Waals surface area contributed by atoms with E-state index >= 15 is 0 Å². The zero-order valence-electron chi connectivity index (χ0n) is 9.22. The van der Waals surface area contributed by atoms with Gasteiger partial charge in [0.25, 0.3) is 0 Å². The van der Waals surface area contributed by atoms with Crippen LogP contribution < -0.4 is 0 Å². The van der Waals surface area contributed by atoms with Crippen molar-refractivity contribution in [2.24, 2.45) is 5.92 Å². The topological polar surface area (TPSA) is 20.2 Å². The largest absolute Gasteiger partial charge is 0.396 e. The summed E-state index contributed by atoms with van der Waals surface area (Å²) in [5, 5.41) is 9.78. The van der Waals surface area contributed by atoms with Crippen molar-refractivity contribution in [1.82, 2.24) is 0 Å². The van der Waals surface area contributed by atoms with Crippen LogP contribution in [0.5, 0.6) is 0 Å². The third-order valence-corrected chi connectivity index (χ3v) is 3.01. The Kier molecular flexibility index (Phi) is 4.12. The second kappa shape index (κ2) is 4.95. The molecule has 0 heterocycles. The van der Waals surface area contributed by atoms with Gasteiger partial charge < -0.3 is 5.11 Å². The number of rotatable bonds is 3. The summed E-state index contributed by atoms with van der Waals surface area (Å²) < 4.78 is 13.4. The first-order valence-electron chi connectivity index (χ1n) is 5.03.